The third-order valence-electron chi connectivity index (χ3n) is 14.7. The molecule has 4 N–H and O–H groups in total. The second-order valence-electron chi connectivity index (χ2n) is 19.9. The lowest BCUT2D eigenvalue weighted by atomic mass is 9.74. The van der Waals surface area contributed by atoms with Crippen LogP contribution in [0.2, 0.25) is 5.02 Å². The Kier molecular flexibility index (Phi) is 18.4. The van der Waals surface area contributed by atoms with Crippen LogP contribution >= 0.6 is 11.6 Å². The normalized spacial score (nSPS) is 41.1. The van der Waals surface area contributed by atoms with Crippen molar-refractivity contribution in [3.05, 3.63) is 46.7 Å². The van der Waals surface area contributed by atoms with Crippen molar-refractivity contribution < 1.29 is 63.2 Å². The molecule has 0 radical (unpaired) electrons. The predicted octanol–water partition coefficient (Wildman–Crippen LogP) is 4.35. The van der Waals surface area contributed by atoms with Crippen molar-refractivity contribution in [2.75, 3.05) is 27.8 Å². The maximum atomic E-state index is 14.4. The fourth-order valence-corrected chi connectivity index (χ4v) is 10.4. The largest absolute Gasteiger partial charge is 0.459 e. The monoisotopic (exact) mass is 953 g/mol. The molecule has 0 aliphatic carbocycles. The van der Waals surface area contributed by atoms with Crippen molar-refractivity contribution in [1.82, 2.24) is 19.9 Å². The van der Waals surface area contributed by atoms with Crippen LogP contribution in [0.3, 0.4) is 0 Å². The highest BCUT2D eigenvalue weighted by atomic mass is 35.5. The minimum atomic E-state index is -2.00. The van der Waals surface area contributed by atoms with Gasteiger partial charge in [-0.1, -0.05) is 56.6 Å². The molecule has 17 nitrogen and oxygen atoms in total. The molecule has 3 saturated heterocycles. The third-order valence-corrected chi connectivity index (χ3v) is 15.0. The number of rotatable bonds is 13. The lowest BCUT2D eigenvalue weighted by Gasteiger charge is -2.50. The molecule has 4 heterocycles. The van der Waals surface area contributed by atoms with E-state index in [1.54, 1.807) is 53.1 Å². The predicted molar refractivity (Wildman–Crippen MR) is 244 cm³/mol. The number of hydrogen-bond donors (Lipinski definition) is 4. The molecule has 5 rings (SSSR count). The number of halogens is 1. The average Bonchev–Trinajstić information content (AvgIpc) is 3.74. The zero-order valence-electron chi connectivity index (χ0n) is 41.1. The average molecular weight is 954 g/mol. The Hall–Kier alpha value is -2.65. The first-order valence-corrected chi connectivity index (χ1v) is 23.8. The summed E-state index contributed by atoms with van der Waals surface area (Å²) < 4.78 is 46.4. The summed E-state index contributed by atoms with van der Waals surface area (Å²) in [5, 5.41) is 56.0. The minimum absolute atomic E-state index is 0.0740. The number of ketones is 1. The third kappa shape index (κ3) is 12.2. The van der Waals surface area contributed by atoms with Crippen molar-refractivity contribution >= 4 is 23.4 Å². The van der Waals surface area contributed by atoms with E-state index in [2.05, 4.69) is 15.2 Å². The van der Waals surface area contributed by atoms with E-state index in [1.165, 1.54) is 21.1 Å². The van der Waals surface area contributed by atoms with Gasteiger partial charge in [-0.3, -0.25) is 9.59 Å². The molecule has 18 heteroatoms. The number of aliphatic hydroxyl groups excluding tert-OH is 3. The SMILES string of the molecule is CC[C@H]1OC(=O)[C@H](C)[C@@H](O[C@H]2C[C@@](C)(OC)[C@@H](O)[C@H](C)O2)[C@H](C)[C@@H](O[C@@H]2O[C@H](C)C[C@H](N(C)CCc3cn(Cc4ccc(Cl)cc4)nn3)[C@H]2O)[C@](C)(OC)C[C@@H](C)C(=O)[C@H](C)[C@@H](O)[C@]1(C)O. The smallest absolute Gasteiger partial charge is 0.311 e. The van der Waals surface area contributed by atoms with E-state index >= 15 is 0 Å². The number of benzene rings is 1. The van der Waals surface area contributed by atoms with Crippen molar-refractivity contribution in [3.63, 3.8) is 0 Å². The summed E-state index contributed by atoms with van der Waals surface area (Å²) in [6.45, 7) is 18.1. The summed E-state index contributed by atoms with van der Waals surface area (Å²) in [7, 11) is 4.94. The van der Waals surface area contributed by atoms with Crippen LogP contribution in [0.5, 0.6) is 0 Å². The minimum Gasteiger partial charge on any atom is -0.459 e. The number of carbonyl (C=O) groups is 2. The van der Waals surface area contributed by atoms with Gasteiger partial charge in [0.25, 0.3) is 0 Å². The van der Waals surface area contributed by atoms with Crippen LogP contribution in [0, 0.1) is 23.7 Å². The number of likely N-dealkylation sites (N-methyl/N-ethyl adjacent to an activating group) is 1. The highest BCUT2D eigenvalue weighted by Gasteiger charge is 2.54. The van der Waals surface area contributed by atoms with Crippen LogP contribution in [0.1, 0.15) is 106 Å². The van der Waals surface area contributed by atoms with Gasteiger partial charge in [0.05, 0.1) is 59.9 Å². The Morgan fingerprint density at radius 3 is 2.18 bits per heavy atom. The highest BCUT2D eigenvalue weighted by molar-refractivity contribution is 6.30. The van der Waals surface area contributed by atoms with E-state index in [1.807, 2.05) is 51.4 Å². The summed E-state index contributed by atoms with van der Waals surface area (Å²) in [5.74, 6) is -4.68. The van der Waals surface area contributed by atoms with Crippen LogP contribution < -0.4 is 0 Å². The standard InChI is InChI=1S/C48H77ClN4O13/c1-14-36-48(10,59)41(56)28(4)38(54)26(2)22-47(9,61-13)43(29(5)40(30(6)44(58)64-36)65-37-23-46(8,60-12)42(57)31(7)63-37)66-45-39(55)35(21-27(3)62-45)52(11)20-19-34-25-53(51-50-34)24-32-15-17-33(49)18-16-32/h15-18,25-31,35-37,39-43,45,55-57,59H,14,19-24H2,1-13H3/t26-,27-,28+,29+,30-,31+,35+,36-,37+,39-,40+,41-,42+,43-,45+,46-,47-,48-/m1/s1. The Balaban J connectivity index is 1.48. The molecule has 0 bridgehead atoms. The zero-order chi connectivity index (χ0) is 49.1. The van der Waals surface area contributed by atoms with Gasteiger partial charge in [0.2, 0.25) is 0 Å². The quantitative estimate of drug-likeness (QED) is 0.206. The number of ether oxygens (including phenoxy) is 7. The second-order valence-corrected chi connectivity index (χ2v) is 20.4. The molecule has 1 aromatic carbocycles. The van der Waals surface area contributed by atoms with Gasteiger partial charge in [-0.15, -0.1) is 5.10 Å². The number of methoxy groups -OCH3 is 2. The second kappa shape index (κ2) is 22.4. The molecule has 18 atom stereocenters. The molecule has 374 valence electrons. The maximum absolute atomic E-state index is 14.4. The molecular weight excluding hydrogens is 876 g/mol. The van der Waals surface area contributed by atoms with Gasteiger partial charge in [0, 0.05) is 68.6 Å². The Bertz CT molecular complexity index is 1890. The van der Waals surface area contributed by atoms with E-state index in [0.717, 1.165) is 11.3 Å². The van der Waals surface area contributed by atoms with Crippen molar-refractivity contribution in [2.24, 2.45) is 23.7 Å². The van der Waals surface area contributed by atoms with Gasteiger partial charge in [-0.2, -0.15) is 0 Å². The van der Waals surface area contributed by atoms with Crippen LogP contribution in [0.15, 0.2) is 30.5 Å². The summed E-state index contributed by atoms with van der Waals surface area (Å²) in [5.41, 5.74) is -2.54. The van der Waals surface area contributed by atoms with Crippen molar-refractivity contribution in [1.29, 1.82) is 0 Å². The number of Topliss-reactive ketones (excluding diaryl/α,β-unsaturated/α-hetero) is 1. The lowest BCUT2D eigenvalue weighted by molar-refractivity contribution is -0.319. The number of esters is 1. The van der Waals surface area contributed by atoms with E-state index in [4.69, 9.17) is 44.8 Å². The van der Waals surface area contributed by atoms with Gasteiger partial charge in [0.1, 0.15) is 29.7 Å². The fourth-order valence-electron chi connectivity index (χ4n) is 10.3. The maximum Gasteiger partial charge on any atom is 0.311 e. The zero-order valence-corrected chi connectivity index (χ0v) is 41.9. The Morgan fingerprint density at radius 1 is 0.909 bits per heavy atom. The fraction of sp³-hybridized carbons (Fsp3) is 0.792. The molecule has 0 unspecified atom stereocenters. The van der Waals surface area contributed by atoms with Gasteiger partial charge in [-0.05, 0) is 85.5 Å². The molecule has 1 aromatic heterocycles. The molecular formula is C48H77ClN4O13. The molecule has 3 aliphatic rings. The molecule has 3 fully saturated rings. The highest BCUT2D eigenvalue weighted by Crippen LogP contribution is 2.42. The number of nitrogens with zero attached hydrogens (tertiary/aromatic N) is 4. The van der Waals surface area contributed by atoms with Crippen LogP contribution in [0.4, 0.5) is 0 Å². The lowest BCUT2D eigenvalue weighted by Crippen LogP contribution is -2.61. The molecule has 3 aliphatic heterocycles. The van der Waals surface area contributed by atoms with Crippen LogP contribution in [0.25, 0.3) is 0 Å². The van der Waals surface area contributed by atoms with Crippen molar-refractivity contribution in [2.45, 2.75) is 192 Å². The number of carbonyl (C=O) groups excluding carboxylic acids is 2. The topological polar surface area (TPSA) is 214 Å². The Morgan fingerprint density at radius 2 is 1.56 bits per heavy atom. The van der Waals surface area contributed by atoms with Gasteiger partial charge in [0.15, 0.2) is 12.6 Å². The molecule has 0 spiro atoms. The first kappa shape index (κ1) is 54.3. The van der Waals surface area contributed by atoms with E-state index in [-0.39, 0.29) is 31.1 Å². The Labute approximate surface area is 395 Å². The number of aromatic nitrogens is 3. The number of aliphatic hydroxyl groups is 4. The number of hydrogen-bond acceptors (Lipinski definition) is 16. The summed E-state index contributed by atoms with van der Waals surface area (Å²) in [6, 6.07) is 7.15. The summed E-state index contributed by atoms with van der Waals surface area (Å²) in [4.78, 5) is 30.7. The van der Waals surface area contributed by atoms with Gasteiger partial charge >= 0.3 is 5.97 Å². The molecule has 0 amide bonds. The molecule has 2 aromatic rings. The summed E-state index contributed by atoms with van der Waals surface area (Å²) in [6.07, 6.45) is -6.99. The van der Waals surface area contributed by atoms with Crippen LogP contribution in [-0.2, 0) is 55.7 Å². The van der Waals surface area contributed by atoms with Gasteiger partial charge in [-0.25, -0.2) is 4.68 Å². The summed E-state index contributed by atoms with van der Waals surface area (Å²) >= 11 is 6.06. The van der Waals surface area contributed by atoms with E-state index < -0.39 is 108 Å². The van der Waals surface area contributed by atoms with E-state index in [0.29, 0.717) is 31.0 Å². The molecule has 66 heavy (non-hydrogen) atoms. The first-order valence-electron chi connectivity index (χ1n) is 23.5. The number of cyclic esters (lactones) is 1. The van der Waals surface area contributed by atoms with Crippen molar-refractivity contribution in [3.8, 4) is 0 Å². The van der Waals surface area contributed by atoms with Crippen LogP contribution in [-0.4, -0.2) is 164 Å². The van der Waals surface area contributed by atoms with E-state index in [9.17, 15) is 30.0 Å². The van der Waals surface area contributed by atoms with Gasteiger partial charge < -0.3 is 58.5 Å². The first-order chi connectivity index (χ1) is 30.9. The molecule has 0 saturated carbocycles.